The number of likely N-dealkylation sites (tertiary alicyclic amines) is 1. The van der Waals surface area contributed by atoms with Gasteiger partial charge in [0.1, 0.15) is 5.69 Å². The van der Waals surface area contributed by atoms with Crippen LogP contribution in [-0.4, -0.2) is 49.8 Å². The first-order valence-corrected chi connectivity index (χ1v) is 13.5. The molecule has 4 heterocycles. The van der Waals surface area contributed by atoms with Crippen molar-refractivity contribution in [2.75, 3.05) is 18.4 Å². The van der Waals surface area contributed by atoms with E-state index in [2.05, 4.69) is 50.3 Å². The first-order valence-electron chi connectivity index (χ1n) is 13.5. The van der Waals surface area contributed by atoms with Crippen molar-refractivity contribution in [2.24, 2.45) is 5.92 Å². The van der Waals surface area contributed by atoms with Crippen LogP contribution in [-0.2, 0) is 6.54 Å². The van der Waals surface area contributed by atoms with Crippen LogP contribution in [0.5, 0.6) is 0 Å². The quantitative estimate of drug-likeness (QED) is 0.258. The van der Waals surface area contributed by atoms with Crippen LogP contribution in [0.4, 0.5) is 5.69 Å². The van der Waals surface area contributed by atoms with E-state index in [1.54, 1.807) is 12.1 Å². The van der Waals surface area contributed by atoms with Gasteiger partial charge in [-0.25, -0.2) is 0 Å². The van der Waals surface area contributed by atoms with Crippen LogP contribution in [0, 0.1) is 5.92 Å². The number of carbonyl (C=O) groups excluding carboxylic acids is 2. The molecule has 3 aromatic heterocycles. The number of aromatic nitrogens is 4. The van der Waals surface area contributed by atoms with Crippen molar-refractivity contribution in [3.63, 3.8) is 0 Å². The minimum absolute atomic E-state index is 0.0291. The molecule has 5 rings (SSSR count). The lowest BCUT2D eigenvalue weighted by molar-refractivity contribution is 0.0953. The number of H-pyrrole nitrogens is 1. The molecular formula is C30H34N6O2. The Kier molecular flexibility index (Phi) is 7.89. The van der Waals surface area contributed by atoms with Gasteiger partial charge < -0.3 is 5.32 Å². The second kappa shape index (κ2) is 11.6. The minimum atomic E-state index is -0.341. The van der Waals surface area contributed by atoms with Gasteiger partial charge >= 0.3 is 0 Å². The van der Waals surface area contributed by atoms with Crippen molar-refractivity contribution in [3.05, 3.63) is 71.9 Å². The number of carbonyl (C=O) groups is 2. The van der Waals surface area contributed by atoms with E-state index in [-0.39, 0.29) is 11.7 Å². The zero-order valence-electron chi connectivity index (χ0n) is 22.0. The number of amides is 1. The summed E-state index contributed by atoms with van der Waals surface area (Å²) in [4.78, 5) is 36.9. The molecular weight excluding hydrogens is 476 g/mol. The van der Waals surface area contributed by atoms with Crippen LogP contribution in [0.3, 0.4) is 0 Å². The van der Waals surface area contributed by atoms with Crippen LogP contribution in [0.15, 0.2) is 55.0 Å². The molecule has 0 spiro atoms. The predicted octanol–water partition coefficient (Wildman–Crippen LogP) is 5.88. The maximum absolute atomic E-state index is 13.1. The smallest absolute Gasteiger partial charge is 0.276 e. The van der Waals surface area contributed by atoms with Gasteiger partial charge in [0, 0.05) is 36.3 Å². The molecule has 1 aromatic carbocycles. The maximum Gasteiger partial charge on any atom is 0.276 e. The second-order valence-electron chi connectivity index (χ2n) is 10.1. The van der Waals surface area contributed by atoms with E-state index < -0.39 is 0 Å². The van der Waals surface area contributed by atoms with Crippen LogP contribution in [0.2, 0.25) is 0 Å². The minimum Gasteiger partial charge on any atom is -0.319 e. The second-order valence-corrected chi connectivity index (χ2v) is 10.1. The molecule has 2 N–H and O–H groups in total. The number of anilines is 1. The molecule has 8 nitrogen and oxygen atoms in total. The van der Waals surface area contributed by atoms with E-state index in [4.69, 9.17) is 0 Å². The summed E-state index contributed by atoms with van der Waals surface area (Å²) in [5.74, 6) is 0.0541. The molecule has 1 aliphatic rings. The first kappa shape index (κ1) is 25.7. The summed E-state index contributed by atoms with van der Waals surface area (Å²) >= 11 is 0. The Morgan fingerprint density at radius 1 is 1.00 bits per heavy atom. The van der Waals surface area contributed by atoms with Crippen molar-refractivity contribution in [2.45, 2.75) is 52.5 Å². The van der Waals surface area contributed by atoms with Gasteiger partial charge in [-0.15, -0.1) is 0 Å². The highest BCUT2D eigenvalue weighted by molar-refractivity contribution is 6.11. The Balaban J connectivity index is 1.31. The molecule has 38 heavy (non-hydrogen) atoms. The van der Waals surface area contributed by atoms with Gasteiger partial charge in [0.2, 0.25) is 0 Å². The topological polar surface area (TPSA) is 104 Å². The van der Waals surface area contributed by atoms with Crippen molar-refractivity contribution < 1.29 is 9.59 Å². The summed E-state index contributed by atoms with van der Waals surface area (Å²) in [6.45, 7) is 7.36. The molecule has 1 saturated heterocycles. The molecule has 0 unspecified atom stereocenters. The largest absolute Gasteiger partial charge is 0.319 e. The number of fused-ring (bicyclic) bond motifs is 1. The zero-order valence-corrected chi connectivity index (χ0v) is 22.0. The molecule has 0 saturated carbocycles. The summed E-state index contributed by atoms with van der Waals surface area (Å²) in [6, 6.07) is 11.5. The summed E-state index contributed by atoms with van der Waals surface area (Å²) in [6.07, 6.45) is 10.2. The van der Waals surface area contributed by atoms with E-state index >= 15 is 0 Å². The number of aromatic amines is 1. The van der Waals surface area contributed by atoms with Crippen molar-refractivity contribution >= 4 is 28.3 Å². The third kappa shape index (κ3) is 5.81. The fraction of sp³-hybridized carbons (Fsp3) is 0.367. The highest BCUT2D eigenvalue weighted by Crippen LogP contribution is 2.27. The summed E-state index contributed by atoms with van der Waals surface area (Å²) < 4.78 is 0. The lowest BCUT2D eigenvalue weighted by Crippen LogP contribution is -2.18. The Bertz CT molecular complexity index is 1420. The van der Waals surface area contributed by atoms with Gasteiger partial charge in [-0.2, -0.15) is 5.10 Å². The third-order valence-corrected chi connectivity index (χ3v) is 7.45. The van der Waals surface area contributed by atoms with Crippen molar-refractivity contribution in [3.8, 4) is 11.1 Å². The fourth-order valence-corrected chi connectivity index (χ4v) is 5.06. The van der Waals surface area contributed by atoms with Gasteiger partial charge in [-0.3, -0.25) is 29.6 Å². The van der Waals surface area contributed by atoms with E-state index in [1.807, 2.05) is 30.6 Å². The van der Waals surface area contributed by atoms with E-state index in [0.29, 0.717) is 29.4 Å². The Morgan fingerprint density at radius 2 is 1.82 bits per heavy atom. The molecule has 0 atom stereocenters. The predicted molar refractivity (Wildman–Crippen MR) is 149 cm³/mol. The van der Waals surface area contributed by atoms with Crippen LogP contribution >= 0.6 is 0 Å². The SMILES string of the molecule is CCC(CC)CC(=O)c1ccc(NC(=O)c2n[nH]c3ccc(-c4cncc(CN5CCCC5)c4)cc23)cn1. The standard InChI is InChI=1S/C30H34N6O2/c1-3-20(4-2)14-28(37)27-10-8-24(18-32-27)33-30(38)29-25-15-22(7-9-26(25)34-35-29)23-13-21(16-31-17-23)19-36-11-5-6-12-36/h7-10,13,15-18,20H,3-6,11-12,14,19H2,1-2H3,(H,33,38)(H,34,35). The number of nitrogens with zero attached hydrogens (tertiary/aromatic N) is 4. The number of hydrogen-bond donors (Lipinski definition) is 2. The highest BCUT2D eigenvalue weighted by Gasteiger charge is 2.18. The van der Waals surface area contributed by atoms with E-state index in [0.717, 1.165) is 54.5 Å². The number of Topliss-reactive ketones (excluding diaryl/α,β-unsaturated/α-hetero) is 1. The first-order chi connectivity index (χ1) is 18.5. The lowest BCUT2D eigenvalue weighted by atomic mass is 9.96. The average molecular weight is 511 g/mol. The number of pyridine rings is 2. The molecule has 1 aliphatic heterocycles. The normalized spacial score (nSPS) is 13.9. The Hall–Kier alpha value is -3.91. The molecule has 0 radical (unpaired) electrons. The number of nitrogens with one attached hydrogen (secondary N) is 2. The summed E-state index contributed by atoms with van der Waals surface area (Å²) in [7, 11) is 0. The van der Waals surface area contributed by atoms with Gasteiger partial charge in [0.25, 0.3) is 5.91 Å². The van der Waals surface area contributed by atoms with Crippen molar-refractivity contribution in [1.29, 1.82) is 0 Å². The van der Waals surface area contributed by atoms with E-state index in [1.165, 1.54) is 24.6 Å². The summed E-state index contributed by atoms with van der Waals surface area (Å²) in [5, 5.41) is 10.8. The fourth-order valence-electron chi connectivity index (χ4n) is 5.06. The van der Waals surface area contributed by atoms with Crippen LogP contribution in [0.1, 0.15) is 72.5 Å². The zero-order chi connectivity index (χ0) is 26.5. The molecule has 8 heteroatoms. The molecule has 196 valence electrons. The van der Waals surface area contributed by atoms with Gasteiger partial charge in [-0.1, -0.05) is 32.8 Å². The molecule has 0 aliphatic carbocycles. The number of ketones is 1. The van der Waals surface area contributed by atoms with Crippen LogP contribution in [0.25, 0.3) is 22.0 Å². The molecule has 1 fully saturated rings. The molecule has 1 amide bonds. The number of benzene rings is 1. The monoisotopic (exact) mass is 510 g/mol. The molecule has 0 bridgehead atoms. The maximum atomic E-state index is 13.1. The van der Waals surface area contributed by atoms with E-state index in [9.17, 15) is 9.59 Å². The molecule has 4 aromatic rings. The Labute approximate surface area is 222 Å². The van der Waals surface area contributed by atoms with Crippen LogP contribution < -0.4 is 5.32 Å². The third-order valence-electron chi connectivity index (χ3n) is 7.45. The number of hydrogen-bond acceptors (Lipinski definition) is 6. The average Bonchev–Trinajstić information content (AvgIpc) is 3.62. The number of rotatable bonds is 10. The summed E-state index contributed by atoms with van der Waals surface area (Å²) in [5.41, 5.74) is 5.19. The van der Waals surface area contributed by atoms with Crippen molar-refractivity contribution in [1.82, 2.24) is 25.1 Å². The lowest BCUT2D eigenvalue weighted by Gasteiger charge is -2.14. The Morgan fingerprint density at radius 3 is 2.55 bits per heavy atom. The van der Waals surface area contributed by atoms with Gasteiger partial charge in [0.05, 0.1) is 17.4 Å². The van der Waals surface area contributed by atoms with Gasteiger partial charge in [-0.05, 0) is 73.3 Å². The highest BCUT2D eigenvalue weighted by atomic mass is 16.2. The van der Waals surface area contributed by atoms with Gasteiger partial charge in [0.15, 0.2) is 11.5 Å².